The summed E-state index contributed by atoms with van der Waals surface area (Å²) in [5.74, 6) is 1.20. The van der Waals surface area contributed by atoms with Crippen molar-refractivity contribution in [2.75, 3.05) is 12.8 Å². The summed E-state index contributed by atoms with van der Waals surface area (Å²) >= 11 is 1.44. The van der Waals surface area contributed by atoms with E-state index in [1.54, 1.807) is 24.5 Å². The van der Waals surface area contributed by atoms with Crippen LogP contribution < -0.4 is 0 Å². The highest BCUT2D eigenvalue weighted by Crippen LogP contribution is 2.37. The summed E-state index contributed by atoms with van der Waals surface area (Å²) in [6.07, 6.45) is 5.72. The normalized spacial score (nSPS) is 14.4. The third kappa shape index (κ3) is 3.04. The Hall–Kier alpha value is -1.76. The van der Waals surface area contributed by atoms with Crippen LogP contribution in [0.1, 0.15) is 24.6 Å². The minimum absolute atomic E-state index is 0.0525. The zero-order chi connectivity index (χ0) is 13.9. The number of nitrogens with zero attached hydrogens (tertiary/aromatic N) is 4. The largest absolute Gasteiger partial charge is 0.467 e. The number of aromatic nitrogens is 3. The van der Waals surface area contributed by atoms with Gasteiger partial charge in [0, 0.05) is 13.1 Å². The van der Waals surface area contributed by atoms with E-state index < -0.39 is 0 Å². The molecule has 2 heterocycles. The first-order valence-electron chi connectivity index (χ1n) is 6.52. The molecule has 0 atom stereocenters. The Labute approximate surface area is 121 Å². The Morgan fingerprint density at radius 3 is 3.15 bits per heavy atom. The van der Waals surface area contributed by atoms with Crippen LogP contribution in [0.25, 0.3) is 0 Å². The third-order valence-electron chi connectivity index (χ3n) is 3.20. The maximum Gasteiger partial charge on any atom is 0.233 e. The highest BCUT2D eigenvalue weighted by atomic mass is 32.2. The molecule has 1 amide bonds. The Balaban J connectivity index is 1.52. The van der Waals surface area contributed by atoms with Crippen molar-refractivity contribution in [3.63, 3.8) is 0 Å². The van der Waals surface area contributed by atoms with Crippen LogP contribution in [0.2, 0.25) is 0 Å². The summed E-state index contributed by atoms with van der Waals surface area (Å²) in [6.45, 7) is 0.488. The van der Waals surface area contributed by atoms with E-state index in [4.69, 9.17) is 4.42 Å². The summed E-state index contributed by atoms with van der Waals surface area (Å²) in [7, 11) is 1.77. The van der Waals surface area contributed by atoms with Crippen LogP contribution in [0.4, 0.5) is 0 Å². The van der Waals surface area contributed by atoms with Crippen LogP contribution in [-0.4, -0.2) is 38.4 Å². The maximum absolute atomic E-state index is 12.1. The molecular formula is C13H16N4O2S. The molecule has 0 aliphatic heterocycles. The van der Waals surface area contributed by atoms with Crippen molar-refractivity contribution in [1.82, 2.24) is 19.7 Å². The molecule has 0 radical (unpaired) electrons. The summed E-state index contributed by atoms with van der Waals surface area (Å²) < 4.78 is 7.30. The number of thioether (sulfide) groups is 1. The van der Waals surface area contributed by atoms with Gasteiger partial charge in [0.1, 0.15) is 12.1 Å². The molecule has 6 nitrogen and oxygen atoms in total. The van der Waals surface area contributed by atoms with Gasteiger partial charge < -0.3 is 13.9 Å². The van der Waals surface area contributed by atoms with Crippen LogP contribution in [0.5, 0.6) is 0 Å². The first kappa shape index (κ1) is 13.2. The van der Waals surface area contributed by atoms with E-state index >= 15 is 0 Å². The Morgan fingerprint density at radius 1 is 1.60 bits per heavy atom. The molecule has 2 aromatic heterocycles. The smallest absolute Gasteiger partial charge is 0.233 e. The molecule has 1 fully saturated rings. The van der Waals surface area contributed by atoms with Crippen LogP contribution in [0.3, 0.4) is 0 Å². The van der Waals surface area contributed by atoms with Crippen LogP contribution in [-0.2, 0) is 11.3 Å². The van der Waals surface area contributed by atoms with Gasteiger partial charge in [-0.1, -0.05) is 11.8 Å². The summed E-state index contributed by atoms with van der Waals surface area (Å²) in [4.78, 5) is 13.7. The predicted octanol–water partition coefficient (Wildman–Crippen LogP) is 1.96. The second-order valence-corrected chi connectivity index (χ2v) is 5.81. The van der Waals surface area contributed by atoms with Crippen LogP contribution in [0.15, 0.2) is 34.3 Å². The quantitative estimate of drug-likeness (QED) is 0.761. The third-order valence-corrected chi connectivity index (χ3v) is 4.15. The fraction of sp³-hybridized carbons (Fsp3) is 0.462. The minimum atomic E-state index is 0.0525. The summed E-state index contributed by atoms with van der Waals surface area (Å²) in [6, 6.07) is 4.21. The molecule has 0 N–H and O–H groups in total. The monoisotopic (exact) mass is 292 g/mol. The lowest BCUT2D eigenvalue weighted by Crippen LogP contribution is -2.27. The van der Waals surface area contributed by atoms with Crippen molar-refractivity contribution in [1.29, 1.82) is 0 Å². The molecule has 3 rings (SSSR count). The Morgan fingerprint density at radius 2 is 2.45 bits per heavy atom. The van der Waals surface area contributed by atoms with Crippen molar-refractivity contribution in [2.45, 2.75) is 30.6 Å². The van der Waals surface area contributed by atoms with Gasteiger partial charge in [-0.25, -0.2) is 0 Å². The van der Waals surface area contributed by atoms with E-state index in [0.717, 1.165) is 10.9 Å². The minimum Gasteiger partial charge on any atom is -0.467 e. The van der Waals surface area contributed by atoms with E-state index in [0.29, 0.717) is 18.3 Å². The zero-order valence-electron chi connectivity index (χ0n) is 11.2. The average molecular weight is 292 g/mol. The van der Waals surface area contributed by atoms with E-state index in [-0.39, 0.29) is 5.91 Å². The number of furan rings is 1. The van der Waals surface area contributed by atoms with Crippen molar-refractivity contribution in [2.24, 2.45) is 0 Å². The first-order valence-corrected chi connectivity index (χ1v) is 7.51. The van der Waals surface area contributed by atoms with Crippen molar-refractivity contribution >= 4 is 17.7 Å². The Kier molecular flexibility index (Phi) is 3.77. The van der Waals surface area contributed by atoms with E-state index in [2.05, 4.69) is 14.8 Å². The van der Waals surface area contributed by atoms with Gasteiger partial charge in [0.15, 0.2) is 5.16 Å². The van der Waals surface area contributed by atoms with Crippen molar-refractivity contribution in [3.05, 3.63) is 30.5 Å². The lowest BCUT2D eigenvalue weighted by Gasteiger charge is -2.15. The summed E-state index contributed by atoms with van der Waals surface area (Å²) in [5.41, 5.74) is 0. The highest BCUT2D eigenvalue weighted by Gasteiger charge is 2.26. The molecule has 0 saturated heterocycles. The number of rotatable bonds is 6. The van der Waals surface area contributed by atoms with E-state index in [9.17, 15) is 4.79 Å². The number of hydrogen-bond donors (Lipinski definition) is 0. The topological polar surface area (TPSA) is 64.2 Å². The molecule has 20 heavy (non-hydrogen) atoms. The van der Waals surface area contributed by atoms with Gasteiger partial charge in [-0.05, 0) is 25.0 Å². The molecule has 0 spiro atoms. The van der Waals surface area contributed by atoms with Crippen molar-refractivity contribution in [3.8, 4) is 0 Å². The molecule has 1 aliphatic rings. The lowest BCUT2D eigenvalue weighted by atomic mass is 10.4. The number of carbonyl (C=O) groups excluding carboxylic acids is 1. The highest BCUT2D eigenvalue weighted by molar-refractivity contribution is 7.99. The molecule has 0 aromatic carbocycles. The molecule has 0 unspecified atom stereocenters. The lowest BCUT2D eigenvalue weighted by molar-refractivity contribution is -0.127. The van der Waals surface area contributed by atoms with Gasteiger partial charge >= 0.3 is 0 Å². The molecular weight excluding hydrogens is 276 g/mol. The van der Waals surface area contributed by atoms with Gasteiger partial charge in [-0.2, -0.15) is 0 Å². The van der Waals surface area contributed by atoms with Gasteiger partial charge in [0.25, 0.3) is 0 Å². The van der Waals surface area contributed by atoms with Gasteiger partial charge in [0.2, 0.25) is 5.91 Å². The number of carbonyl (C=O) groups is 1. The van der Waals surface area contributed by atoms with E-state index in [1.807, 2.05) is 12.1 Å². The van der Waals surface area contributed by atoms with Gasteiger partial charge in [-0.15, -0.1) is 10.2 Å². The van der Waals surface area contributed by atoms with Gasteiger partial charge in [0.05, 0.1) is 18.6 Å². The molecule has 1 saturated carbocycles. The van der Waals surface area contributed by atoms with Gasteiger partial charge in [-0.3, -0.25) is 4.79 Å². The maximum atomic E-state index is 12.1. The predicted molar refractivity (Wildman–Crippen MR) is 74.2 cm³/mol. The van der Waals surface area contributed by atoms with E-state index in [1.165, 1.54) is 24.6 Å². The zero-order valence-corrected chi connectivity index (χ0v) is 12.0. The molecule has 1 aliphatic carbocycles. The number of amides is 1. The van der Waals surface area contributed by atoms with Crippen LogP contribution in [0, 0.1) is 0 Å². The SMILES string of the molecule is CN(Cc1ccco1)C(=O)CSc1nncn1C1CC1. The second kappa shape index (κ2) is 5.70. The number of hydrogen-bond acceptors (Lipinski definition) is 5. The second-order valence-electron chi connectivity index (χ2n) is 4.87. The Bertz CT molecular complexity index is 577. The molecule has 7 heteroatoms. The standard InChI is InChI=1S/C13H16N4O2S/c1-16(7-11-3-2-6-19-11)12(18)8-20-13-15-14-9-17(13)10-4-5-10/h2-3,6,9-10H,4-5,7-8H2,1H3. The fourth-order valence-corrected chi connectivity index (χ4v) is 2.82. The van der Waals surface area contributed by atoms with Crippen LogP contribution >= 0.6 is 11.8 Å². The molecule has 106 valence electrons. The molecule has 2 aromatic rings. The molecule has 0 bridgehead atoms. The first-order chi connectivity index (χ1) is 9.74. The fourth-order valence-electron chi connectivity index (χ4n) is 1.90. The van der Waals surface area contributed by atoms with Crippen molar-refractivity contribution < 1.29 is 9.21 Å². The average Bonchev–Trinajstić information content (AvgIpc) is 2.97. The summed E-state index contributed by atoms with van der Waals surface area (Å²) in [5, 5.41) is 8.82.